The predicted molar refractivity (Wildman–Crippen MR) is 299 cm³/mol. The third-order valence-corrected chi connectivity index (χ3v) is 17.3. The third kappa shape index (κ3) is 5.43. The van der Waals surface area contributed by atoms with Crippen LogP contribution in [-0.2, 0) is 16.2 Å². The number of aromatic nitrogens is 2. The number of benzene rings is 10. The van der Waals surface area contributed by atoms with Crippen LogP contribution >= 0.6 is 0 Å². The second kappa shape index (κ2) is 14.0. The Morgan fingerprint density at radius 2 is 0.549 bits per heavy atom. The Morgan fingerprint density at radius 3 is 1.00 bits per heavy atom. The number of nitrogens with zero attached hydrogens (tertiary/aromatic N) is 2. The summed E-state index contributed by atoms with van der Waals surface area (Å²) < 4.78 is 4.94. The van der Waals surface area contributed by atoms with Crippen molar-refractivity contribution >= 4 is 43.6 Å². The molecule has 0 radical (unpaired) electrons. The molecule has 2 nitrogen and oxygen atoms in total. The molecule has 0 amide bonds. The molecule has 12 aromatic rings. The van der Waals surface area contributed by atoms with E-state index >= 15 is 0 Å². The van der Waals surface area contributed by atoms with E-state index in [0.29, 0.717) is 0 Å². The SMILES string of the molecule is CC1(C)c2cc(-c3ccc4c(c3)c3ccccc3n4-c3ccc4c(c3)C(C)(C)c3ccccc3-4)ccc2-c2ccc(-c3ccc4c(c3)c3ccccc3n4-c3ccc4c(c3)C(C)(C)c3ccccc3-4)cc21. The predicted octanol–water partition coefficient (Wildman–Crippen LogP) is 18.1. The summed E-state index contributed by atoms with van der Waals surface area (Å²) in [5, 5.41) is 5.10. The zero-order valence-corrected chi connectivity index (χ0v) is 41.0. The Kier molecular flexibility index (Phi) is 8.01. The van der Waals surface area contributed by atoms with Gasteiger partial charge in [-0.1, -0.05) is 175 Å². The molecule has 0 N–H and O–H groups in total. The lowest BCUT2D eigenvalue weighted by molar-refractivity contribution is 0.660. The van der Waals surface area contributed by atoms with Crippen LogP contribution in [0.2, 0.25) is 0 Å². The van der Waals surface area contributed by atoms with Crippen molar-refractivity contribution in [3.63, 3.8) is 0 Å². The molecule has 0 saturated carbocycles. The fourth-order valence-corrected chi connectivity index (χ4v) is 13.6. The molecule has 0 bridgehead atoms. The zero-order chi connectivity index (χ0) is 47.7. The summed E-state index contributed by atoms with van der Waals surface area (Å²) in [6.07, 6.45) is 0. The van der Waals surface area contributed by atoms with Crippen LogP contribution in [-0.4, -0.2) is 9.13 Å². The maximum Gasteiger partial charge on any atom is 0.0541 e. The molecule has 0 atom stereocenters. The normalized spacial score (nSPS) is 15.2. The van der Waals surface area contributed by atoms with Crippen molar-refractivity contribution < 1.29 is 0 Å². The highest BCUT2D eigenvalue weighted by Gasteiger charge is 2.38. The monoisotopic (exact) mass is 908 g/mol. The largest absolute Gasteiger partial charge is 0.309 e. The Hall–Kier alpha value is -8.20. The minimum absolute atomic E-state index is 0.0656. The number of fused-ring (bicyclic) bond motifs is 15. The van der Waals surface area contributed by atoms with Crippen molar-refractivity contribution in [2.24, 2.45) is 0 Å². The van der Waals surface area contributed by atoms with Gasteiger partial charge in [-0.15, -0.1) is 0 Å². The lowest BCUT2D eigenvalue weighted by Crippen LogP contribution is -2.15. The minimum Gasteiger partial charge on any atom is -0.309 e. The number of hydrogen-bond donors (Lipinski definition) is 0. The van der Waals surface area contributed by atoms with Gasteiger partial charge < -0.3 is 9.13 Å². The summed E-state index contributed by atoms with van der Waals surface area (Å²) in [6, 6.07) is 78.4. The van der Waals surface area contributed by atoms with Crippen LogP contribution in [0.4, 0.5) is 0 Å². The molecule has 10 aromatic carbocycles. The Balaban J connectivity index is 0.785. The fraction of sp³-hybridized carbons (Fsp3) is 0.130. The molecule has 2 heterocycles. The van der Waals surface area contributed by atoms with E-state index in [9.17, 15) is 0 Å². The van der Waals surface area contributed by atoms with Crippen molar-refractivity contribution in [1.29, 1.82) is 0 Å². The minimum atomic E-state index is -0.182. The fourth-order valence-electron chi connectivity index (χ4n) is 13.6. The Labute approximate surface area is 415 Å². The highest BCUT2D eigenvalue weighted by Crippen LogP contribution is 2.53. The van der Waals surface area contributed by atoms with Crippen molar-refractivity contribution in [3.05, 3.63) is 240 Å². The number of rotatable bonds is 4. The van der Waals surface area contributed by atoms with Gasteiger partial charge in [0.1, 0.15) is 0 Å². The van der Waals surface area contributed by atoms with Crippen LogP contribution in [0.5, 0.6) is 0 Å². The standard InChI is InChI=1S/C69H52N2/c1-67(2)57-19-11-7-15-47(57)51-31-27-45(39-61(51)67)70-63-21-13-9-17-53(63)55-35-41(25-33-65(55)70)43-23-29-49-50-30-24-44(38-60(50)69(5,6)59(49)37-43)42-26-34-66-56(36-42)54-18-10-14-22-64(54)71(66)46-28-32-52-48-16-8-12-20-58(48)68(3,4)62(52)40-46/h7-40H,1-6H3. The molecule has 2 heteroatoms. The Morgan fingerprint density at radius 1 is 0.239 bits per heavy atom. The second-order valence-electron chi connectivity index (χ2n) is 22.1. The number of para-hydroxylation sites is 2. The van der Waals surface area contributed by atoms with E-state index in [1.54, 1.807) is 0 Å². The first-order valence-corrected chi connectivity index (χ1v) is 25.3. The molecule has 0 unspecified atom stereocenters. The van der Waals surface area contributed by atoms with E-state index in [1.807, 2.05) is 0 Å². The first kappa shape index (κ1) is 40.7. The van der Waals surface area contributed by atoms with Gasteiger partial charge in [0.2, 0.25) is 0 Å². The van der Waals surface area contributed by atoms with E-state index in [1.165, 1.54) is 144 Å². The molecular weight excluding hydrogens is 857 g/mol. The summed E-state index contributed by atoms with van der Waals surface area (Å²) in [5.41, 5.74) is 28.4. The second-order valence-corrected chi connectivity index (χ2v) is 22.1. The van der Waals surface area contributed by atoms with E-state index < -0.39 is 0 Å². The highest BCUT2D eigenvalue weighted by atomic mass is 15.0. The molecular formula is C69H52N2. The summed E-state index contributed by atoms with van der Waals surface area (Å²) in [5.74, 6) is 0. The average Bonchev–Trinajstić information content (AvgIpc) is 4.11. The van der Waals surface area contributed by atoms with Crippen LogP contribution in [0.25, 0.3) is 111 Å². The first-order chi connectivity index (χ1) is 34.5. The van der Waals surface area contributed by atoms with Gasteiger partial charge in [0.15, 0.2) is 0 Å². The van der Waals surface area contributed by atoms with Crippen molar-refractivity contribution in [1.82, 2.24) is 9.13 Å². The molecule has 3 aliphatic rings. The summed E-state index contributed by atoms with van der Waals surface area (Å²) in [7, 11) is 0. The lowest BCUT2D eigenvalue weighted by Gasteiger charge is -2.23. The smallest absolute Gasteiger partial charge is 0.0541 e. The summed E-state index contributed by atoms with van der Waals surface area (Å²) in [4.78, 5) is 0. The molecule has 71 heavy (non-hydrogen) atoms. The highest BCUT2D eigenvalue weighted by molar-refractivity contribution is 6.12. The quantitative estimate of drug-likeness (QED) is 0.167. The molecule has 0 aliphatic heterocycles. The van der Waals surface area contributed by atoms with Gasteiger partial charge in [-0.05, 0) is 162 Å². The maximum atomic E-state index is 2.47. The van der Waals surface area contributed by atoms with Gasteiger partial charge in [0.25, 0.3) is 0 Å². The molecule has 0 saturated heterocycles. The molecule has 2 aromatic heterocycles. The Bertz CT molecular complexity index is 4040. The van der Waals surface area contributed by atoms with Gasteiger partial charge in [0, 0.05) is 49.2 Å². The van der Waals surface area contributed by atoms with Crippen LogP contribution in [0, 0.1) is 0 Å². The molecule has 3 aliphatic carbocycles. The lowest BCUT2D eigenvalue weighted by atomic mass is 9.80. The van der Waals surface area contributed by atoms with Crippen molar-refractivity contribution in [3.8, 4) is 67.0 Å². The summed E-state index contributed by atoms with van der Waals surface area (Å²) >= 11 is 0. The van der Waals surface area contributed by atoms with E-state index in [2.05, 4.69) is 257 Å². The average molecular weight is 909 g/mol. The molecule has 0 spiro atoms. The van der Waals surface area contributed by atoms with Gasteiger partial charge in [-0.2, -0.15) is 0 Å². The van der Waals surface area contributed by atoms with Crippen LogP contribution in [0.3, 0.4) is 0 Å². The van der Waals surface area contributed by atoms with Crippen molar-refractivity contribution in [2.45, 2.75) is 57.8 Å². The number of hydrogen-bond acceptors (Lipinski definition) is 0. The maximum absolute atomic E-state index is 2.47. The molecule has 338 valence electrons. The third-order valence-electron chi connectivity index (χ3n) is 17.3. The van der Waals surface area contributed by atoms with E-state index in [-0.39, 0.29) is 16.2 Å². The van der Waals surface area contributed by atoms with E-state index in [4.69, 9.17) is 0 Å². The first-order valence-electron chi connectivity index (χ1n) is 25.3. The van der Waals surface area contributed by atoms with Gasteiger partial charge in [0.05, 0.1) is 22.1 Å². The molecule has 0 fully saturated rings. The van der Waals surface area contributed by atoms with Crippen LogP contribution < -0.4 is 0 Å². The van der Waals surface area contributed by atoms with Crippen LogP contribution in [0.1, 0.15) is 74.9 Å². The van der Waals surface area contributed by atoms with Gasteiger partial charge in [-0.25, -0.2) is 0 Å². The zero-order valence-electron chi connectivity index (χ0n) is 41.0. The van der Waals surface area contributed by atoms with E-state index in [0.717, 1.165) is 0 Å². The van der Waals surface area contributed by atoms with Gasteiger partial charge >= 0.3 is 0 Å². The summed E-state index contributed by atoms with van der Waals surface area (Å²) in [6.45, 7) is 14.3. The molecule has 15 rings (SSSR count). The van der Waals surface area contributed by atoms with Crippen LogP contribution in [0.15, 0.2) is 206 Å². The topological polar surface area (TPSA) is 9.86 Å². The van der Waals surface area contributed by atoms with Gasteiger partial charge in [-0.3, -0.25) is 0 Å². The van der Waals surface area contributed by atoms with Crippen molar-refractivity contribution in [2.75, 3.05) is 0 Å².